The standard InChI is InChI=1S/C24H28N4O2S/c1-30-21-12-8-11-20(15-21)16-22-25-24(31-26-22)28(17-19-9-4-2-5-10-19)18-23(29)27-13-6-3-7-14-27/h2,4-5,8-12,15H,3,6-7,13-14,16-18H2,1H3. The molecule has 1 saturated heterocycles. The molecule has 0 bridgehead atoms. The zero-order valence-corrected chi connectivity index (χ0v) is 18.7. The summed E-state index contributed by atoms with van der Waals surface area (Å²) in [6.45, 7) is 2.67. The van der Waals surface area contributed by atoms with Crippen LogP contribution in [0, 0.1) is 0 Å². The number of rotatable bonds is 8. The monoisotopic (exact) mass is 436 g/mol. The van der Waals surface area contributed by atoms with E-state index in [2.05, 4.69) is 21.4 Å². The smallest absolute Gasteiger partial charge is 0.242 e. The molecule has 162 valence electrons. The third-order valence-electron chi connectivity index (χ3n) is 5.48. The van der Waals surface area contributed by atoms with Crippen molar-refractivity contribution < 1.29 is 9.53 Å². The Morgan fingerprint density at radius 1 is 1.06 bits per heavy atom. The Bertz CT molecular complexity index is 986. The van der Waals surface area contributed by atoms with Gasteiger partial charge < -0.3 is 14.5 Å². The second-order valence-corrected chi connectivity index (χ2v) is 8.53. The highest BCUT2D eigenvalue weighted by atomic mass is 32.1. The minimum absolute atomic E-state index is 0.167. The fourth-order valence-corrected chi connectivity index (χ4v) is 4.49. The van der Waals surface area contributed by atoms with Crippen molar-refractivity contribution in [2.45, 2.75) is 32.2 Å². The van der Waals surface area contributed by atoms with Crippen molar-refractivity contribution in [2.75, 3.05) is 31.6 Å². The average Bonchev–Trinajstić information content (AvgIpc) is 3.28. The Morgan fingerprint density at radius 2 is 1.84 bits per heavy atom. The number of carbonyl (C=O) groups excluding carboxylic acids is 1. The Labute approximate surface area is 187 Å². The lowest BCUT2D eigenvalue weighted by molar-refractivity contribution is -0.130. The van der Waals surface area contributed by atoms with E-state index < -0.39 is 0 Å². The van der Waals surface area contributed by atoms with Gasteiger partial charge in [0, 0.05) is 37.6 Å². The molecule has 2 heterocycles. The van der Waals surface area contributed by atoms with Crippen LogP contribution < -0.4 is 9.64 Å². The third-order valence-corrected chi connectivity index (χ3v) is 6.29. The fraction of sp³-hybridized carbons (Fsp3) is 0.375. The minimum Gasteiger partial charge on any atom is -0.497 e. The van der Waals surface area contributed by atoms with Gasteiger partial charge in [-0.2, -0.15) is 4.37 Å². The van der Waals surface area contributed by atoms with Gasteiger partial charge in [-0.3, -0.25) is 4.79 Å². The number of hydrogen-bond acceptors (Lipinski definition) is 6. The highest BCUT2D eigenvalue weighted by Gasteiger charge is 2.22. The van der Waals surface area contributed by atoms with Gasteiger partial charge in [-0.15, -0.1) is 0 Å². The molecule has 31 heavy (non-hydrogen) atoms. The highest BCUT2D eigenvalue weighted by Crippen LogP contribution is 2.23. The van der Waals surface area contributed by atoms with Gasteiger partial charge in [0.1, 0.15) is 11.6 Å². The second kappa shape index (κ2) is 10.4. The zero-order valence-electron chi connectivity index (χ0n) is 17.9. The molecule has 3 aromatic rings. The van der Waals surface area contributed by atoms with Gasteiger partial charge in [0.05, 0.1) is 13.7 Å². The van der Waals surface area contributed by atoms with Crippen LogP contribution in [-0.4, -0.2) is 46.9 Å². The molecule has 6 nitrogen and oxygen atoms in total. The molecule has 0 unspecified atom stereocenters. The van der Waals surface area contributed by atoms with Crippen LogP contribution in [0.25, 0.3) is 0 Å². The topological polar surface area (TPSA) is 58.6 Å². The van der Waals surface area contributed by atoms with Gasteiger partial charge in [-0.05, 0) is 42.5 Å². The average molecular weight is 437 g/mol. The maximum absolute atomic E-state index is 13.0. The molecule has 4 rings (SSSR count). The van der Waals surface area contributed by atoms with Crippen LogP contribution in [0.4, 0.5) is 5.13 Å². The van der Waals surface area contributed by atoms with E-state index in [0.29, 0.717) is 19.5 Å². The summed E-state index contributed by atoms with van der Waals surface area (Å²) in [5, 5.41) is 0.784. The molecular weight excluding hydrogens is 408 g/mol. The molecule has 0 spiro atoms. The normalized spacial score (nSPS) is 13.8. The number of carbonyl (C=O) groups is 1. The van der Waals surface area contributed by atoms with E-state index in [9.17, 15) is 4.79 Å². The lowest BCUT2D eigenvalue weighted by atomic mass is 10.1. The van der Waals surface area contributed by atoms with E-state index in [1.54, 1.807) is 7.11 Å². The first kappa shape index (κ1) is 21.3. The van der Waals surface area contributed by atoms with Gasteiger partial charge in [-0.1, -0.05) is 42.5 Å². The molecule has 0 radical (unpaired) electrons. The van der Waals surface area contributed by atoms with Gasteiger partial charge in [0.2, 0.25) is 11.0 Å². The van der Waals surface area contributed by atoms with Crippen LogP contribution in [0.15, 0.2) is 54.6 Å². The summed E-state index contributed by atoms with van der Waals surface area (Å²) in [5.74, 6) is 1.75. The largest absolute Gasteiger partial charge is 0.497 e. The van der Waals surface area contributed by atoms with Crippen LogP contribution in [0.1, 0.15) is 36.2 Å². The lowest BCUT2D eigenvalue weighted by Gasteiger charge is -2.29. The fourth-order valence-electron chi connectivity index (χ4n) is 3.81. The number of nitrogens with zero attached hydrogens (tertiary/aromatic N) is 4. The number of piperidine rings is 1. The zero-order chi connectivity index (χ0) is 21.5. The minimum atomic E-state index is 0.167. The van der Waals surface area contributed by atoms with Gasteiger partial charge in [-0.25, -0.2) is 4.98 Å². The molecule has 0 saturated carbocycles. The maximum Gasteiger partial charge on any atom is 0.242 e. The molecule has 1 amide bonds. The summed E-state index contributed by atoms with van der Waals surface area (Å²) in [7, 11) is 1.67. The summed E-state index contributed by atoms with van der Waals surface area (Å²) in [6, 6.07) is 18.2. The van der Waals surface area contributed by atoms with Gasteiger partial charge in [0.25, 0.3) is 0 Å². The van der Waals surface area contributed by atoms with E-state index in [1.807, 2.05) is 47.4 Å². The van der Waals surface area contributed by atoms with Crippen LogP contribution in [0.5, 0.6) is 5.75 Å². The molecule has 1 aliphatic rings. The predicted molar refractivity (Wildman–Crippen MR) is 124 cm³/mol. The molecule has 1 fully saturated rings. The third kappa shape index (κ3) is 5.82. The molecule has 0 aliphatic carbocycles. The first-order valence-electron chi connectivity index (χ1n) is 10.7. The van der Waals surface area contributed by atoms with Crippen molar-refractivity contribution in [1.82, 2.24) is 14.3 Å². The quantitative estimate of drug-likeness (QED) is 0.531. The Balaban J connectivity index is 1.50. The van der Waals surface area contributed by atoms with E-state index in [4.69, 9.17) is 9.72 Å². The van der Waals surface area contributed by atoms with Crippen molar-refractivity contribution in [3.8, 4) is 5.75 Å². The Hall–Kier alpha value is -2.93. The molecule has 1 aromatic heterocycles. The van der Waals surface area contributed by atoms with Crippen molar-refractivity contribution in [3.63, 3.8) is 0 Å². The number of amides is 1. The summed E-state index contributed by atoms with van der Waals surface area (Å²) in [5.41, 5.74) is 2.25. The summed E-state index contributed by atoms with van der Waals surface area (Å²) in [4.78, 5) is 21.8. The molecular formula is C24H28N4O2S. The highest BCUT2D eigenvalue weighted by molar-refractivity contribution is 7.09. The first-order chi connectivity index (χ1) is 15.2. The van der Waals surface area contributed by atoms with Crippen molar-refractivity contribution in [2.24, 2.45) is 0 Å². The maximum atomic E-state index is 13.0. The molecule has 7 heteroatoms. The van der Waals surface area contributed by atoms with Crippen LogP contribution in [0.3, 0.4) is 0 Å². The van der Waals surface area contributed by atoms with Crippen molar-refractivity contribution in [1.29, 1.82) is 0 Å². The second-order valence-electron chi connectivity index (χ2n) is 7.80. The first-order valence-corrected chi connectivity index (χ1v) is 11.5. The van der Waals surface area contributed by atoms with Crippen molar-refractivity contribution >= 4 is 22.6 Å². The van der Waals surface area contributed by atoms with Gasteiger partial charge >= 0.3 is 0 Å². The number of hydrogen-bond donors (Lipinski definition) is 0. The molecule has 0 N–H and O–H groups in total. The van der Waals surface area contributed by atoms with Crippen LogP contribution in [-0.2, 0) is 17.8 Å². The number of ether oxygens (including phenoxy) is 1. The van der Waals surface area contributed by atoms with Crippen molar-refractivity contribution in [3.05, 3.63) is 71.5 Å². The number of aromatic nitrogens is 2. The van der Waals surface area contributed by atoms with Gasteiger partial charge in [0.15, 0.2) is 0 Å². The van der Waals surface area contributed by atoms with Crippen LogP contribution in [0.2, 0.25) is 0 Å². The Kier molecular flexibility index (Phi) is 7.14. The van der Waals surface area contributed by atoms with E-state index >= 15 is 0 Å². The van der Waals surface area contributed by atoms with E-state index in [0.717, 1.165) is 53.8 Å². The predicted octanol–water partition coefficient (Wildman–Crippen LogP) is 4.16. The lowest BCUT2D eigenvalue weighted by Crippen LogP contribution is -2.42. The van der Waals surface area contributed by atoms with E-state index in [1.165, 1.54) is 18.0 Å². The van der Waals surface area contributed by atoms with E-state index in [-0.39, 0.29) is 5.91 Å². The van der Waals surface area contributed by atoms with Crippen LogP contribution >= 0.6 is 11.5 Å². The number of benzene rings is 2. The molecule has 2 aromatic carbocycles. The molecule has 1 aliphatic heterocycles. The summed E-state index contributed by atoms with van der Waals surface area (Å²) in [6.07, 6.45) is 4.02. The SMILES string of the molecule is COc1cccc(Cc2nsc(N(CC(=O)N3CCCCC3)Cc3ccccc3)n2)c1. The number of methoxy groups -OCH3 is 1. The number of likely N-dealkylation sites (tertiary alicyclic amines) is 1. The Morgan fingerprint density at radius 3 is 2.61 bits per heavy atom. The number of anilines is 1. The summed E-state index contributed by atoms with van der Waals surface area (Å²) >= 11 is 1.36. The molecule has 0 atom stereocenters. The summed E-state index contributed by atoms with van der Waals surface area (Å²) < 4.78 is 9.89.